The van der Waals surface area contributed by atoms with Gasteiger partial charge in [0.1, 0.15) is 0 Å². The third kappa shape index (κ3) is 3.39. The van der Waals surface area contributed by atoms with Gasteiger partial charge >= 0.3 is 6.03 Å². The van der Waals surface area contributed by atoms with Gasteiger partial charge in [0, 0.05) is 12.7 Å². The van der Waals surface area contributed by atoms with Gasteiger partial charge in [-0.3, -0.25) is 4.79 Å². The molecule has 1 aromatic rings. The molecule has 1 heterocycles. The van der Waals surface area contributed by atoms with E-state index in [2.05, 4.69) is 16.0 Å². The fourth-order valence-electron chi connectivity index (χ4n) is 2.52. The van der Waals surface area contributed by atoms with E-state index in [9.17, 15) is 9.59 Å². The highest BCUT2D eigenvalue weighted by Crippen LogP contribution is 2.34. The number of benzene rings is 1. The first-order valence-corrected chi connectivity index (χ1v) is 7.32. The summed E-state index contributed by atoms with van der Waals surface area (Å²) >= 11 is 0. The van der Waals surface area contributed by atoms with Crippen molar-refractivity contribution in [1.29, 1.82) is 0 Å². The highest BCUT2D eigenvalue weighted by atomic mass is 16.5. The number of amides is 3. The molecule has 1 atom stereocenters. The van der Waals surface area contributed by atoms with Crippen LogP contribution in [0.25, 0.3) is 0 Å². The molecular formula is C16H21N3O4. The molecule has 1 aromatic carbocycles. The van der Waals surface area contributed by atoms with Gasteiger partial charge in [0.15, 0.2) is 11.5 Å². The Hall–Kier alpha value is -2.70. The summed E-state index contributed by atoms with van der Waals surface area (Å²) in [5.74, 6) is 0.903. The molecule has 0 bridgehead atoms. The lowest BCUT2D eigenvalue weighted by Gasteiger charge is -2.28. The van der Waals surface area contributed by atoms with E-state index in [0.717, 1.165) is 5.56 Å². The van der Waals surface area contributed by atoms with Crippen LogP contribution in [0.2, 0.25) is 0 Å². The molecule has 23 heavy (non-hydrogen) atoms. The van der Waals surface area contributed by atoms with Crippen LogP contribution in [0.15, 0.2) is 29.5 Å². The first-order valence-electron chi connectivity index (χ1n) is 7.32. The van der Waals surface area contributed by atoms with Crippen LogP contribution in [0.4, 0.5) is 4.79 Å². The maximum atomic E-state index is 12.2. The van der Waals surface area contributed by atoms with E-state index in [1.807, 2.05) is 6.92 Å². The average Bonchev–Trinajstić information content (AvgIpc) is 2.54. The second kappa shape index (κ2) is 7.04. The first-order chi connectivity index (χ1) is 11.0. The quantitative estimate of drug-likeness (QED) is 0.767. The van der Waals surface area contributed by atoms with Gasteiger partial charge in [-0.15, -0.1) is 0 Å². The number of likely N-dealkylation sites (N-methyl/N-ethyl adjacent to an activating group) is 1. The van der Waals surface area contributed by atoms with E-state index in [1.54, 1.807) is 39.3 Å². The van der Waals surface area contributed by atoms with Crippen molar-refractivity contribution >= 4 is 11.9 Å². The van der Waals surface area contributed by atoms with Crippen LogP contribution in [-0.2, 0) is 4.79 Å². The van der Waals surface area contributed by atoms with Crippen molar-refractivity contribution < 1.29 is 19.1 Å². The average molecular weight is 319 g/mol. The van der Waals surface area contributed by atoms with Gasteiger partial charge in [0.25, 0.3) is 5.91 Å². The summed E-state index contributed by atoms with van der Waals surface area (Å²) < 4.78 is 10.8. The van der Waals surface area contributed by atoms with E-state index >= 15 is 0 Å². The summed E-state index contributed by atoms with van der Waals surface area (Å²) in [4.78, 5) is 24.0. The smallest absolute Gasteiger partial charge is 0.319 e. The number of rotatable bonds is 5. The first kappa shape index (κ1) is 16.7. The predicted octanol–water partition coefficient (Wildman–Crippen LogP) is 1.47. The van der Waals surface area contributed by atoms with Crippen LogP contribution < -0.4 is 25.4 Å². The van der Waals surface area contributed by atoms with Gasteiger partial charge < -0.3 is 25.4 Å². The lowest BCUT2D eigenvalue weighted by atomic mass is 9.94. The molecule has 7 heteroatoms. The van der Waals surface area contributed by atoms with Crippen LogP contribution in [0.1, 0.15) is 25.5 Å². The summed E-state index contributed by atoms with van der Waals surface area (Å²) in [6.45, 7) is 4.10. The number of carbonyl (C=O) groups is 2. The van der Waals surface area contributed by atoms with Gasteiger partial charge in [-0.05, 0) is 31.5 Å². The minimum atomic E-state index is -0.562. The van der Waals surface area contributed by atoms with Crippen molar-refractivity contribution in [3.05, 3.63) is 35.0 Å². The SMILES string of the molecule is CCOc1ccc(C2NC(=O)NC(C)=C2C(=O)NC)cc1OC. The zero-order chi connectivity index (χ0) is 17.0. The lowest BCUT2D eigenvalue weighted by molar-refractivity contribution is -0.117. The van der Waals surface area contributed by atoms with E-state index < -0.39 is 6.04 Å². The Balaban J connectivity index is 2.47. The van der Waals surface area contributed by atoms with Crippen molar-refractivity contribution in [3.8, 4) is 11.5 Å². The van der Waals surface area contributed by atoms with E-state index in [1.165, 1.54) is 0 Å². The number of hydrogen-bond donors (Lipinski definition) is 3. The molecule has 0 saturated carbocycles. The molecule has 0 aromatic heterocycles. The minimum absolute atomic E-state index is 0.257. The third-order valence-electron chi connectivity index (χ3n) is 3.56. The van der Waals surface area contributed by atoms with Gasteiger partial charge in [-0.2, -0.15) is 0 Å². The van der Waals surface area contributed by atoms with E-state index in [4.69, 9.17) is 9.47 Å². The molecule has 3 amide bonds. The number of allylic oxidation sites excluding steroid dienone is 1. The van der Waals surface area contributed by atoms with Crippen LogP contribution in [0, 0.1) is 0 Å². The predicted molar refractivity (Wildman–Crippen MR) is 85.3 cm³/mol. The molecule has 0 fully saturated rings. The molecule has 0 saturated heterocycles. The van der Waals surface area contributed by atoms with Crippen molar-refractivity contribution in [2.45, 2.75) is 19.9 Å². The third-order valence-corrected chi connectivity index (χ3v) is 3.56. The van der Waals surface area contributed by atoms with Crippen molar-refractivity contribution in [3.63, 3.8) is 0 Å². The Kier molecular flexibility index (Phi) is 5.10. The summed E-state index contributed by atoms with van der Waals surface area (Å²) in [5.41, 5.74) is 1.71. The van der Waals surface area contributed by atoms with Gasteiger partial charge in [-0.25, -0.2) is 4.79 Å². The van der Waals surface area contributed by atoms with E-state index in [0.29, 0.717) is 29.4 Å². The molecule has 1 aliphatic heterocycles. The molecular weight excluding hydrogens is 298 g/mol. The summed E-state index contributed by atoms with van der Waals surface area (Å²) in [5, 5.41) is 7.98. The highest BCUT2D eigenvalue weighted by Gasteiger charge is 2.31. The highest BCUT2D eigenvalue weighted by molar-refractivity contribution is 5.98. The second-order valence-corrected chi connectivity index (χ2v) is 4.99. The zero-order valence-corrected chi connectivity index (χ0v) is 13.6. The monoisotopic (exact) mass is 319 g/mol. The van der Waals surface area contributed by atoms with Crippen LogP contribution in [0.5, 0.6) is 11.5 Å². The standard InChI is InChI=1S/C16H21N3O4/c1-5-23-11-7-6-10(8-12(11)22-4)14-13(15(20)17-3)9(2)18-16(21)19-14/h6-8,14H,5H2,1-4H3,(H,17,20)(H2,18,19,21). The second-order valence-electron chi connectivity index (χ2n) is 4.99. The van der Waals surface area contributed by atoms with Crippen molar-refractivity contribution in [2.75, 3.05) is 20.8 Å². The molecule has 2 rings (SSSR count). The number of carbonyl (C=O) groups excluding carboxylic acids is 2. The topological polar surface area (TPSA) is 88.7 Å². The minimum Gasteiger partial charge on any atom is -0.493 e. The number of urea groups is 1. The summed E-state index contributed by atoms with van der Waals surface area (Å²) in [6, 6.07) is 4.42. The molecule has 0 aliphatic carbocycles. The number of nitrogens with one attached hydrogen (secondary N) is 3. The summed E-state index contributed by atoms with van der Waals surface area (Å²) in [6.07, 6.45) is 0. The molecule has 7 nitrogen and oxygen atoms in total. The van der Waals surface area contributed by atoms with Gasteiger partial charge in [0.05, 0.1) is 25.3 Å². The molecule has 0 radical (unpaired) electrons. The van der Waals surface area contributed by atoms with Crippen molar-refractivity contribution in [1.82, 2.24) is 16.0 Å². The molecule has 0 spiro atoms. The van der Waals surface area contributed by atoms with Crippen LogP contribution >= 0.6 is 0 Å². The van der Waals surface area contributed by atoms with E-state index in [-0.39, 0.29) is 11.9 Å². The normalized spacial score (nSPS) is 17.2. The molecule has 3 N–H and O–H groups in total. The largest absolute Gasteiger partial charge is 0.493 e. The molecule has 1 aliphatic rings. The maximum absolute atomic E-state index is 12.2. The fourth-order valence-corrected chi connectivity index (χ4v) is 2.52. The maximum Gasteiger partial charge on any atom is 0.319 e. The van der Waals surface area contributed by atoms with Crippen LogP contribution in [0.3, 0.4) is 0 Å². The fraction of sp³-hybridized carbons (Fsp3) is 0.375. The Bertz CT molecular complexity index is 655. The number of hydrogen-bond acceptors (Lipinski definition) is 4. The molecule has 1 unspecified atom stereocenters. The lowest BCUT2D eigenvalue weighted by Crippen LogP contribution is -2.46. The Morgan fingerprint density at radius 1 is 1.35 bits per heavy atom. The zero-order valence-electron chi connectivity index (χ0n) is 13.6. The Morgan fingerprint density at radius 3 is 2.70 bits per heavy atom. The van der Waals surface area contributed by atoms with Crippen molar-refractivity contribution in [2.24, 2.45) is 0 Å². The number of methoxy groups -OCH3 is 1. The summed E-state index contributed by atoms with van der Waals surface area (Å²) in [7, 11) is 3.10. The Labute approximate surface area is 135 Å². The van der Waals surface area contributed by atoms with Gasteiger partial charge in [0.2, 0.25) is 0 Å². The molecule has 124 valence electrons. The van der Waals surface area contributed by atoms with Gasteiger partial charge in [-0.1, -0.05) is 6.07 Å². The number of ether oxygens (including phenoxy) is 2. The van der Waals surface area contributed by atoms with Crippen LogP contribution in [-0.4, -0.2) is 32.7 Å². The Morgan fingerprint density at radius 2 is 2.09 bits per heavy atom.